The number of hydrogen-bond acceptors (Lipinski definition) is 3. The normalized spacial score (nSPS) is 19.7. The van der Waals surface area contributed by atoms with Crippen LogP contribution in [-0.4, -0.2) is 29.9 Å². The predicted octanol–water partition coefficient (Wildman–Crippen LogP) is 1.90. The molecule has 0 aromatic heterocycles. The molecule has 2 rings (SSSR count). The van der Waals surface area contributed by atoms with Crippen LogP contribution in [0.3, 0.4) is 0 Å². The maximum atomic E-state index is 12.0. The standard InChI is InChI=1S/C16H21N3O/c1-12(2)8-15-16(20)18-6-7-19(15)11-14-5-3-4-13(9-14)10-17/h3-5,9,12,15H,6-8,11H2,1-2H3,(H,18,20)/t15-/m0/s1. The lowest BCUT2D eigenvalue weighted by Gasteiger charge is -2.36. The second-order valence-electron chi connectivity index (χ2n) is 5.72. The number of hydrogen-bond donors (Lipinski definition) is 1. The fourth-order valence-electron chi connectivity index (χ4n) is 2.63. The van der Waals surface area contributed by atoms with Gasteiger partial charge in [-0.3, -0.25) is 9.69 Å². The maximum Gasteiger partial charge on any atom is 0.237 e. The third-order valence-electron chi connectivity index (χ3n) is 3.58. The summed E-state index contributed by atoms with van der Waals surface area (Å²) in [5.74, 6) is 0.609. The number of carbonyl (C=O) groups excluding carboxylic acids is 1. The first kappa shape index (κ1) is 14.5. The fraction of sp³-hybridized carbons (Fsp3) is 0.500. The van der Waals surface area contributed by atoms with E-state index in [0.717, 1.165) is 25.1 Å². The Hall–Kier alpha value is -1.86. The van der Waals surface area contributed by atoms with Crippen LogP contribution in [0.2, 0.25) is 0 Å². The van der Waals surface area contributed by atoms with Gasteiger partial charge in [0, 0.05) is 19.6 Å². The first-order chi connectivity index (χ1) is 9.60. The van der Waals surface area contributed by atoms with Crippen molar-refractivity contribution in [1.29, 1.82) is 5.26 Å². The summed E-state index contributed by atoms with van der Waals surface area (Å²) in [4.78, 5) is 14.3. The van der Waals surface area contributed by atoms with Crippen LogP contribution in [0.4, 0.5) is 0 Å². The molecule has 1 aliphatic heterocycles. The zero-order valence-corrected chi connectivity index (χ0v) is 12.1. The van der Waals surface area contributed by atoms with Gasteiger partial charge >= 0.3 is 0 Å². The molecule has 0 radical (unpaired) electrons. The van der Waals surface area contributed by atoms with Crippen molar-refractivity contribution in [2.45, 2.75) is 32.9 Å². The van der Waals surface area contributed by atoms with Crippen LogP contribution in [0.25, 0.3) is 0 Å². The summed E-state index contributed by atoms with van der Waals surface area (Å²) < 4.78 is 0. The van der Waals surface area contributed by atoms with Crippen LogP contribution in [-0.2, 0) is 11.3 Å². The van der Waals surface area contributed by atoms with E-state index in [1.165, 1.54) is 0 Å². The van der Waals surface area contributed by atoms with Crippen molar-refractivity contribution >= 4 is 5.91 Å². The van der Waals surface area contributed by atoms with Gasteiger partial charge in [-0.25, -0.2) is 0 Å². The van der Waals surface area contributed by atoms with E-state index in [0.29, 0.717) is 18.0 Å². The molecule has 0 aliphatic carbocycles. The lowest BCUT2D eigenvalue weighted by molar-refractivity contribution is -0.130. The molecule has 4 nitrogen and oxygen atoms in total. The average molecular weight is 271 g/mol. The summed E-state index contributed by atoms with van der Waals surface area (Å²) in [7, 11) is 0. The molecule has 0 unspecified atom stereocenters. The Labute approximate surface area is 120 Å². The first-order valence-electron chi connectivity index (χ1n) is 7.11. The van der Waals surface area contributed by atoms with Crippen molar-refractivity contribution in [2.24, 2.45) is 5.92 Å². The average Bonchev–Trinajstić information content (AvgIpc) is 2.42. The number of carbonyl (C=O) groups is 1. The van der Waals surface area contributed by atoms with E-state index in [4.69, 9.17) is 5.26 Å². The first-order valence-corrected chi connectivity index (χ1v) is 7.11. The summed E-state index contributed by atoms with van der Waals surface area (Å²) in [5.41, 5.74) is 1.76. The Bertz CT molecular complexity index is 519. The minimum absolute atomic E-state index is 0.0607. The highest BCUT2D eigenvalue weighted by Gasteiger charge is 2.29. The van der Waals surface area contributed by atoms with Crippen molar-refractivity contribution in [3.8, 4) is 6.07 Å². The minimum atomic E-state index is -0.0607. The van der Waals surface area contributed by atoms with Gasteiger partial charge in [-0.2, -0.15) is 5.26 Å². The minimum Gasteiger partial charge on any atom is -0.353 e. The van der Waals surface area contributed by atoms with Gasteiger partial charge in [0.25, 0.3) is 0 Å². The van der Waals surface area contributed by atoms with E-state index in [1.807, 2.05) is 18.2 Å². The third-order valence-corrected chi connectivity index (χ3v) is 3.58. The summed E-state index contributed by atoms with van der Waals surface area (Å²) in [6, 6.07) is 9.72. The fourth-order valence-corrected chi connectivity index (χ4v) is 2.63. The summed E-state index contributed by atoms with van der Waals surface area (Å²) in [6.45, 7) is 6.55. The topological polar surface area (TPSA) is 56.1 Å². The Morgan fingerprint density at radius 1 is 1.50 bits per heavy atom. The molecule has 1 saturated heterocycles. The highest BCUT2D eigenvalue weighted by Crippen LogP contribution is 2.18. The predicted molar refractivity (Wildman–Crippen MR) is 77.8 cm³/mol. The molecule has 1 aromatic carbocycles. The van der Waals surface area contributed by atoms with Gasteiger partial charge in [-0.1, -0.05) is 26.0 Å². The number of amides is 1. The number of rotatable bonds is 4. The van der Waals surface area contributed by atoms with E-state index in [2.05, 4.69) is 30.1 Å². The van der Waals surface area contributed by atoms with Crippen molar-refractivity contribution in [2.75, 3.05) is 13.1 Å². The maximum absolute atomic E-state index is 12.0. The zero-order valence-electron chi connectivity index (χ0n) is 12.1. The summed E-state index contributed by atoms with van der Waals surface area (Å²) >= 11 is 0. The molecule has 1 N–H and O–H groups in total. The van der Waals surface area contributed by atoms with Gasteiger partial charge in [-0.15, -0.1) is 0 Å². The highest BCUT2D eigenvalue weighted by molar-refractivity contribution is 5.82. The summed E-state index contributed by atoms with van der Waals surface area (Å²) in [6.07, 6.45) is 0.865. The molecule has 1 aromatic rings. The molecule has 4 heteroatoms. The Balaban J connectivity index is 2.12. The van der Waals surface area contributed by atoms with Gasteiger partial charge in [-0.05, 0) is 30.0 Å². The quantitative estimate of drug-likeness (QED) is 0.910. The largest absolute Gasteiger partial charge is 0.353 e. The Morgan fingerprint density at radius 2 is 2.30 bits per heavy atom. The van der Waals surface area contributed by atoms with Gasteiger partial charge in [0.1, 0.15) is 0 Å². The number of nitrogens with zero attached hydrogens (tertiary/aromatic N) is 2. The molecular weight excluding hydrogens is 250 g/mol. The molecule has 1 aliphatic rings. The van der Waals surface area contributed by atoms with E-state index in [1.54, 1.807) is 6.07 Å². The lowest BCUT2D eigenvalue weighted by Crippen LogP contribution is -2.55. The molecule has 0 bridgehead atoms. The molecule has 1 atom stereocenters. The molecule has 0 saturated carbocycles. The molecule has 1 amide bonds. The number of nitriles is 1. The number of benzene rings is 1. The van der Waals surface area contributed by atoms with Crippen LogP contribution in [0, 0.1) is 17.2 Å². The highest BCUT2D eigenvalue weighted by atomic mass is 16.2. The molecule has 20 heavy (non-hydrogen) atoms. The van der Waals surface area contributed by atoms with Gasteiger partial charge in [0.2, 0.25) is 5.91 Å². The van der Waals surface area contributed by atoms with Crippen LogP contribution in [0.15, 0.2) is 24.3 Å². The SMILES string of the molecule is CC(C)C[C@H]1C(=O)NCCN1Cc1cccc(C#N)c1. The Kier molecular flexibility index (Phi) is 4.75. The second-order valence-corrected chi connectivity index (χ2v) is 5.72. The van der Waals surface area contributed by atoms with Crippen LogP contribution >= 0.6 is 0 Å². The van der Waals surface area contributed by atoms with E-state index >= 15 is 0 Å². The smallest absolute Gasteiger partial charge is 0.237 e. The van der Waals surface area contributed by atoms with Crippen molar-refractivity contribution in [1.82, 2.24) is 10.2 Å². The molecule has 106 valence electrons. The van der Waals surface area contributed by atoms with Crippen LogP contribution in [0.5, 0.6) is 0 Å². The van der Waals surface area contributed by atoms with Crippen molar-refractivity contribution in [3.05, 3.63) is 35.4 Å². The zero-order chi connectivity index (χ0) is 14.5. The van der Waals surface area contributed by atoms with E-state index < -0.39 is 0 Å². The number of nitrogens with one attached hydrogen (secondary N) is 1. The molecular formula is C16H21N3O. The van der Waals surface area contributed by atoms with Crippen molar-refractivity contribution < 1.29 is 4.79 Å². The van der Waals surface area contributed by atoms with Crippen LogP contribution < -0.4 is 5.32 Å². The molecule has 0 spiro atoms. The summed E-state index contributed by atoms with van der Waals surface area (Å²) in [5, 5.41) is 11.9. The van der Waals surface area contributed by atoms with Gasteiger partial charge < -0.3 is 5.32 Å². The van der Waals surface area contributed by atoms with Crippen molar-refractivity contribution in [3.63, 3.8) is 0 Å². The van der Waals surface area contributed by atoms with E-state index in [-0.39, 0.29) is 11.9 Å². The monoisotopic (exact) mass is 271 g/mol. The molecule has 1 fully saturated rings. The second kappa shape index (κ2) is 6.53. The van der Waals surface area contributed by atoms with Gasteiger partial charge in [0.15, 0.2) is 0 Å². The molecule has 1 heterocycles. The lowest BCUT2D eigenvalue weighted by atomic mass is 9.99. The third kappa shape index (κ3) is 3.58. The number of piperazine rings is 1. The van der Waals surface area contributed by atoms with E-state index in [9.17, 15) is 4.79 Å². The van der Waals surface area contributed by atoms with Gasteiger partial charge in [0.05, 0.1) is 17.7 Å². The Morgan fingerprint density at radius 3 is 3.00 bits per heavy atom. The van der Waals surface area contributed by atoms with Crippen LogP contribution in [0.1, 0.15) is 31.4 Å².